The second-order valence-corrected chi connectivity index (χ2v) is 11.1. The van der Waals surface area contributed by atoms with Gasteiger partial charge in [0.25, 0.3) is 5.91 Å². The monoisotopic (exact) mass is 557 g/mol. The van der Waals surface area contributed by atoms with Gasteiger partial charge < -0.3 is 33.2 Å². The van der Waals surface area contributed by atoms with Gasteiger partial charge >= 0.3 is 11.9 Å². The van der Waals surface area contributed by atoms with Crippen LogP contribution >= 0.6 is 0 Å². The highest BCUT2D eigenvalue weighted by atomic mass is 16.9. The summed E-state index contributed by atoms with van der Waals surface area (Å²) in [5, 5.41) is 1.47. The third kappa shape index (κ3) is 7.02. The number of ether oxygens (including phenoxy) is 7. The van der Waals surface area contributed by atoms with Crippen LogP contribution in [0.2, 0.25) is 0 Å². The smallest absolute Gasteiger partial charge is 0.338 e. The van der Waals surface area contributed by atoms with Gasteiger partial charge in [-0.1, -0.05) is 76.9 Å². The van der Waals surface area contributed by atoms with Crippen molar-refractivity contribution in [2.75, 3.05) is 56.4 Å². The Morgan fingerprint density at radius 3 is 1.36 bits per heavy atom. The Bertz CT molecular complexity index is 771. The second-order valence-electron chi connectivity index (χ2n) is 11.1. The van der Waals surface area contributed by atoms with Gasteiger partial charge in [-0.2, -0.15) is 0 Å². The van der Waals surface area contributed by atoms with Crippen molar-refractivity contribution in [3.63, 3.8) is 0 Å². The van der Waals surface area contributed by atoms with Crippen LogP contribution in [0.3, 0.4) is 0 Å². The van der Waals surface area contributed by atoms with Crippen LogP contribution in [-0.2, 0) is 43.4 Å². The highest BCUT2D eigenvalue weighted by Crippen LogP contribution is 2.53. The minimum atomic E-state index is -1.96. The lowest BCUT2D eigenvalue weighted by Crippen LogP contribution is -2.78. The Morgan fingerprint density at radius 1 is 0.590 bits per heavy atom. The predicted octanol–water partition coefficient (Wildman–Crippen LogP) is 5.78. The van der Waals surface area contributed by atoms with Crippen molar-refractivity contribution in [3.05, 3.63) is 35.9 Å². The molecule has 0 fully saturated rings. The minimum absolute atomic E-state index is 0.252. The minimum Gasteiger partial charge on any atom is -0.338 e. The Hall–Kier alpha value is -1.14. The predicted molar refractivity (Wildman–Crippen MR) is 152 cm³/mol. The van der Waals surface area contributed by atoms with E-state index in [0.717, 1.165) is 12.0 Å². The zero-order valence-electron chi connectivity index (χ0n) is 26.7. The molecule has 0 spiro atoms. The normalized spacial score (nSPS) is 13.9. The summed E-state index contributed by atoms with van der Waals surface area (Å²) in [4.78, 5) is 6.64. The van der Waals surface area contributed by atoms with Gasteiger partial charge in [-0.15, -0.1) is 0 Å². The van der Waals surface area contributed by atoms with Crippen molar-refractivity contribution in [3.8, 4) is 0 Å². The molecule has 1 rings (SSSR count). The van der Waals surface area contributed by atoms with Crippen molar-refractivity contribution in [2.45, 2.75) is 84.0 Å². The lowest BCUT2D eigenvalue weighted by atomic mass is 9.66. The Morgan fingerprint density at radius 2 is 1.03 bits per heavy atom. The van der Waals surface area contributed by atoms with Crippen molar-refractivity contribution >= 4 is 0 Å². The number of nitrogens with zero attached hydrogens (tertiary/aromatic N) is 1. The van der Waals surface area contributed by atoms with Gasteiger partial charge in [0.1, 0.15) is 0 Å². The van der Waals surface area contributed by atoms with E-state index in [1.807, 2.05) is 18.2 Å². The van der Waals surface area contributed by atoms with Crippen molar-refractivity contribution in [2.24, 2.45) is 17.8 Å². The molecule has 0 radical (unpaired) electrons. The van der Waals surface area contributed by atoms with Crippen molar-refractivity contribution in [1.82, 2.24) is 5.06 Å². The Labute approximate surface area is 237 Å². The number of benzene rings is 1. The maximum absolute atomic E-state index is 6.64. The zero-order chi connectivity index (χ0) is 29.9. The molecular weight excluding hydrogens is 502 g/mol. The van der Waals surface area contributed by atoms with Gasteiger partial charge in [0.15, 0.2) is 0 Å². The summed E-state index contributed by atoms with van der Waals surface area (Å²) < 4.78 is 42.8. The standard InChI is InChI=1S/C30H55NO8/c1-23(2)19-20-39-31(29(34-9,35-10)30(36-11,37-12)38-13)28(32-7,33-8)27(21-24(3)4,22-25(5)6)26-17-15-14-16-18-26/h14-18,23-25H,19-22H2,1-13H3. The largest absolute Gasteiger partial charge is 0.358 e. The molecule has 0 amide bonds. The molecule has 0 atom stereocenters. The average Bonchev–Trinajstić information content (AvgIpc) is 2.91. The molecule has 0 unspecified atom stereocenters. The van der Waals surface area contributed by atoms with E-state index in [9.17, 15) is 0 Å². The van der Waals surface area contributed by atoms with Crippen LogP contribution in [0.5, 0.6) is 0 Å². The molecule has 0 aromatic heterocycles. The first kappa shape index (κ1) is 35.9. The fourth-order valence-corrected chi connectivity index (χ4v) is 5.75. The van der Waals surface area contributed by atoms with E-state index in [0.29, 0.717) is 25.4 Å². The number of hydrogen-bond acceptors (Lipinski definition) is 9. The lowest BCUT2D eigenvalue weighted by molar-refractivity contribution is -0.594. The molecule has 0 aliphatic carbocycles. The van der Waals surface area contributed by atoms with Crippen LogP contribution in [-0.4, -0.2) is 79.2 Å². The first-order valence-electron chi connectivity index (χ1n) is 13.8. The van der Waals surface area contributed by atoms with E-state index >= 15 is 0 Å². The summed E-state index contributed by atoms with van der Waals surface area (Å²) in [5.74, 6) is -4.61. The summed E-state index contributed by atoms with van der Waals surface area (Å²) in [6.07, 6.45) is 2.12. The van der Waals surface area contributed by atoms with E-state index in [2.05, 4.69) is 53.7 Å². The van der Waals surface area contributed by atoms with Crippen LogP contribution in [0.1, 0.15) is 66.4 Å². The SMILES string of the molecule is COC(OC)(OC)C(OC)(OC)N(OCCC(C)C)C(OC)(OC)C(CC(C)C)(CC(C)C)c1ccccc1. The lowest BCUT2D eigenvalue weighted by Gasteiger charge is -2.59. The van der Waals surface area contributed by atoms with E-state index in [1.54, 1.807) is 14.2 Å². The summed E-state index contributed by atoms with van der Waals surface area (Å²) in [6, 6.07) is 10.2. The van der Waals surface area contributed by atoms with Crippen LogP contribution in [0.15, 0.2) is 30.3 Å². The third-order valence-corrected chi connectivity index (χ3v) is 7.19. The molecule has 1 aromatic rings. The van der Waals surface area contributed by atoms with E-state index in [1.165, 1.54) is 40.6 Å². The van der Waals surface area contributed by atoms with Crippen molar-refractivity contribution < 1.29 is 38.0 Å². The summed E-state index contributed by atoms with van der Waals surface area (Å²) >= 11 is 0. The summed E-state index contributed by atoms with van der Waals surface area (Å²) in [5.41, 5.74) is 0.230. The molecule has 228 valence electrons. The Kier molecular flexibility index (Phi) is 14.5. The molecule has 0 bridgehead atoms. The van der Waals surface area contributed by atoms with Crippen LogP contribution < -0.4 is 0 Å². The maximum Gasteiger partial charge on any atom is 0.358 e. The molecule has 39 heavy (non-hydrogen) atoms. The quantitative estimate of drug-likeness (QED) is 0.146. The molecule has 0 saturated heterocycles. The molecule has 9 heteroatoms. The number of hydrogen-bond donors (Lipinski definition) is 0. The fraction of sp³-hybridized carbons (Fsp3) is 0.800. The third-order valence-electron chi connectivity index (χ3n) is 7.19. The molecule has 0 aliphatic heterocycles. The highest BCUT2D eigenvalue weighted by Gasteiger charge is 2.72. The van der Waals surface area contributed by atoms with Crippen LogP contribution in [0.4, 0.5) is 0 Å². The molecule has 0 aliphatic rings. The molecule has 1 aromatic carbocycles. The molecule has 9 nitrogen and oxygen atoms in total. The maximum atomic E-state index is 6.64. The van der Waals surface area contributed by atoms with Gasteiger partial charge in [-0.3, -0.25) is 4.84 Å². The van der Waals surface area contributed by atoms with Crippen LogP contribution in [0.25, 0.3) is 0 Å². The average molecular weight is 558 g/mol. The molecule has 0 N–H and O–H groups in total. The number of hydroxylamine groups is 2. The van der Waals surface area contributed by atoms with Gasteiger partial charge in [-0.05, 0) is 42.6 Å². The first-order valence-corrected chi connectivity index (χ1v) is 13.8. The van der Waals surface area contributed by atoms with E-state index in [-0.39, 0.29) is 11.8 Å². The highest BCUT2D eigenvalue weighted by molar-refractivity contribution is 5.29. The number of methoxy groups -OCH3 is 7. The van der Waals surface area contributed by atoms with Gasteiger partial charge in [0.05, 0.1) is 12.0 Å². The molecule has 0 heterocycles. The van der Waals surface area contributed by atoms with Gasteiger partial charge in [0.2, 0.25) is 0 Å². The van der Waals surface area contributed by atoms with Gasteiger partial charge in [-0.25, -0.2) is 0 Å². The first-order chi connectivity index (χ1) is 18.4. The van der Waals surface area contributed by atoms with Gasteiger partial charge in [0, 0.05) is 49.8 Å². The van der Waals surface area contributed by atoms with Crippen LogP contribution in [0, 0.1) is 17.8 Å². The fourth-order valence-electron chi connectivity index (χ4n) is 5.75. The van der Waals surface area contributed by atoms with Crippen molar-refractivity contribution in [1.29, 1.82) is 0 Å². The molecular formula is C30H55NO8. The number of rotatable bonds is 20. The second kappa shape index (κ2) is 15.7. The van der Waals surface area contributed by atoms with E-state index in [4.69, 9.17) is 38.0 Å². The molecule has 0 saturated carbocycles. The topological polar surface area (TPSA) is 77.1 Å². The summed E-state index contributed by atoms with van der Waals surface area (Å²) in [7, 11) is 10.5. The summed E-state index contributed by atoms with van der Waals surface area (Å²) in [6.45, 7) is 13.3. The Balaban J connectivity index is 4.31. The van der Waals surface area contributed by atoms with E-state index < -0.39 is 23.2 Å². The zero-order valence-corrected chi connectivity index (χ0v) is 26.7.